The third kappa shape index (κ3) is 2.51. The van der Waals surface area contributed by atoms with E-state index in [9.17, 15) is 4.79 Å². The molecule has 0 saturated heterocycles. The molecule has 3 rings (SSSR count). The van der Waals surface area contributed by atoms with Gasteiger partial charge in [-0.2, -0.15) is 0 Å². The Morgan fingerprint density at radius 3 is 2.77 bits per heavy atom. The fraction of sp³-hybridized carbons (Fsp3) is 0.250. The predicted molar refractivity (Wildman–Crippen MR) is 87.5 cm³/mol. The number of thiophene rings is 1. The number of hydroxylamine groups is 1. The van der Waals surface area contributed by atoms with Crippen molar-refractivity contribution >= 4 is 27.5 Å². The molecule has 0 atom stereocenters. The van der Waals surface area contributed by atoms with Gasteiger partial charge < -0.3 is 4.57 Å². The standard InChI is InChI=1S/C16H17N3O2S/c1-4-21-18-15(20)14-13(19-7-5-6-8-19)12-10(2)9-11(3)17-16(12)22-14/h5-9H,4H2,1-3H3,(H,18,20). The number of nitrogens with one attached hydrogen (secondary N) is 1. The summed E-state index contributed by atoms with van der Waals surface area (Å²) in [4.78, 5) is 23.5. The quantitative estimate of drug-likeness (QED) is 0.751. The van der Waals surface area contributed by atoms with E-state index in [1.54, 1.807) is 0 Å². The second-order valence-corrected chi connectivity index (χ2v) is 5.99. The van der Waals surface area contributed by atoms with Crippen LogP contribution in [0.4, 0.5) is 0 Å². The van der Waals surface area contributed by atoms with E-state index >= 15 is 0 Å². The zero-order chi connectivity index (χ0) is 15.7. The topological polar surface area (TPSA) is 56.1 Å². The molecular weight excluding hydrogens is 298 g/mol. The minimum atomic E-state index is -0.245. The molecule has 0 aromatic carbocycles. The maximum Gasteiger partial charge on any atom is 0.287 e. The lowest BCUT2D eigenvalue weighted by atomic mass is 10.1. The fourth-order valence-electron chi connectivity index (χ4n) is 2.49. The van der Waals surface area contributed by atoms with E-state index in [0.29, 0.717) is 11.5 Å². The van der Waals surface area contributed by atoms with Crippen LogP contribution in [0.1, 0.15) is 27.9 Å². The van der Waals surface area contributed by atoms with E-state index < -0.39 is 0 Å². The zero-order valence-corrected chi connectivity index (χ0v) is 13.5. The molecule has 0 aliphatic carbocycles. The van der Waals surface area contributed by atoms with E-state index in [4.69, 9.17) is 4.84 Å². The summed E-state index contributed by atoms with van der Waals surface area (Å²) in [5, 5.41) is 1.01. The minimum Gasteiger partial charge on any atom is -0.322 e. The highest BCUT2D eigenvalue weighted by molar-refractivity contribution is 7.21. The maximum absolute atomic E-state index is 12.4. The lowest BCUT2D eigenvalue weighted by Crippen LogP contribution is -2.23. The summed E-state index contributed by atoms with van der Waals surface area (Å²) in [5.41, 5.74) is 5.39. The van der Waals surface area contributed by atoms with Gasteiger partial charge in [-0.1, -0.05) is 0 Å². The van der Waals surface area contributed by atoms with Crippen molar-refractivity contribution < 1.29 is 9.63 Å². The van der Waals surface area contributed by atoms with Crippen LogP contribution in [0.2, 0.25) is 0 Å². The first-order valence-corrected chi connectivity index (χ1v) is 7.89. The maximum atomic E-state index is 12.4. The van der Waals surface area contributed by atoms with Gasteiger partial charge in [-0.15, -0.1) is 11.3 Å². The van der Waals surface area contributed by atoms with Crippen LogP contribution in [-0.2, 0) is 4.84 Å². The Hall–Kier alpha value is -2.18. The lowest BCUT2D eigenvalue weighted by Gasteiger charge is -2.08. The molecule has 0 saturated carbocycles. The van der Waals surface area contributed by atoms with Gasteiger partial charge in [-0.25, -0.2) is 10.5 Å². The SMILES string of the molecule is CCONC(=O)c1sc2nc(C)cc(C)c2c1-n1cccc1. The molecular formula is C16H17N3O2S. The van der Waals surface area contributed by atoms with Crippen LogP contribution in [0.5, 0.6) is 0 Å². The Morgan fingerprint density at radius 1 is 1.36 bits per heavy atom. The number of aryl methyl sites for hydroxylation is 2. The molecule has 114 valence electrons. The summed E-state index contributed by atoms with van der Waals surface area (Å²) in [5.74, 6) is -0.245. The van der Waals surface area contributed by atoms with Gasteiger partial charge in [-0.05, 0) is 44.5 Å². The Balaban J connectivity index is 2.25. The normalized spacial score (nSPS) is 11.0. The first-order chi connectivity index (χ1) is 10.6. The van der Waals surface area contributed by atoms with Gasteiger partial charge in [-0.3, -0.25) is 9.63 Å². The van der Waals surface area contributed by atoms with Gasteiger partial charge in [0.2, 0.25) is 0 Å². The number of carbonyl (C=O) groups excluding carboxylic acids is 1. The number of amides is 1. The van der Waals surface area contributed by atoms with Crippen molar-refractivity contribution in [2.75, 3.05) is 6.61 Å². The molecule has 3 aromatic rings. The summed E-state index contributed by atoms with van der Waals surface area (Å²) in [6.07, 6.45) is 3.86. The lowest BCUT2D eigenvalue weighted by molar-refractivity contribution is 0.0368. The van der Waals surface area contributed by atoms with Crippen molar-refractivity contribution in [2.45, 2.75) is 20.8 Å². The molecule has 3 heterocycles. The second kappa shape index (κ2) is 5.90. The Bertz CT molecular complexity index is 822. The van der Waals surface area contributed by atoms with Crippen molar-refractivity contribution in [3.63, 3.8) is 0 Å². The van der Waals surface area contributed by atoms with Crippen LogP contribution in [0.25, 0.3) is 15.9 Å². The van der Waals surface area contributed by atoms with Crippen LogP contribution in [0, 0.1) is 13.8 Å². The van der Waals surface area contributed by atoms with Gasteiger partial charge in [0.1, 0.15) is 9.71 Å². The summed E-state index contributed by atoms with van der Waals surface area (Å²) in [6, 6.07) is 5.90. The summed E-state index contributed by atoms with van der Waals surface area (Å²) >= 11 is 1.39. The Kier molecular flexibility index (Phi) is 3.96. The number of rotatable bonds is 4. The summed E-state index contributed by atoms with van der Waals surface area (Å²) in [7, 11) is 0. The van der Waals surface area contributed by atoms with Gasteiger partial charge in [0.05, 0.1) is 12.3 Å². The second-order valence-electron chi connectivity index (χ2n) is 4.99. The highest BCUT2D eigenvalue weighted by Crippen LogP contribution is 2.35. The van der Waals surface area contributed by atoms with Gasteiger partial charge in [0.15, 0.2) is 0 Å². The van der Waals surface area contributed by atoms with Crippen LogP contribution in [0.15, 0.2) is 30.6 Å². The summed E-state index contributed by atoms with van der Waals surface area (Å²) in [6.45, 7) is 6.25. The molecule has 3 aromatic heterocycles. The number of carbonyl (C=O) groups is 1. The number of pyridine rings is 1. The molecule has 0 bridgehead atoms. The Morgan fingerprint density at radius 2 is 2.09 bits per heavy atom. The van der Waals surface area contributed by atoms with Crippen molar-refractivity contribution in [1.82, 2.24) is 15.0 Å². The van der Waals surface area contributed by atoms with Crippen LogP contribution in [0.3, 0.4) is 0 Å². The van der Waals surface area contributed by atoms with Gasteiger partial charge in [0.25, 0.3) is 5.91 Å². The molecule has 0 fully saturated rings. The molecule has 0 radical (unpaired) electrons. The molecule has 0 unspecified atom stereocenters. The van der Waals surface area contributed by atoms with E-state index in [1.165, 1.54) is 11.3 Å². The van der Waals surface area contributed by atoms with E-state index in [1.807, 2.05) is 55.9 Å². The zero-order valence-electron chi connectivity index (χ0n) is 12.7. The third-order valence-electron chi connectivity index (χ3n) is 3.34. The van der Waals surface area contributed by atoms with Gasteiger partial charge >= 0.3 is 0 Å². The van der Waals surface area contributed by atoms with E-state index in [-0.39, 0.29) is 5.91 Å². The number of hydrogen-bond acceptors (Lipinski definition) is 4. The largest absolute Gasteiger partial charge is 0.322 e. The average molecular weight is 315 g/mol. The number of nitrogens with zero attached hydrogens (tertiary/aromatic N) is 2. The van der Waals surface area contributed by atoms with Crippen molar-refractivity contribution in [2.24, 2.45) is 0 Å². The molecule has 5 nitrogen and oxygen atoms in total. The predicted octanol–water partition coefficient (Wildman–Crippen LogP) is 3.39. The smallest absolute Gasteiger partial charge is 0.287 e. The summed E-state index contributed by atoms with van der Waals surface area (Å²) < 4.78 is 1.95. The molecule has 0 aliphatic rings. The fourth-order valence-corrected chi connectivity index (χ4v) is 3.67. The molecule has 0 spiro atoms. The van der Waals surface area contributed by atoms with Crippen molar-refractivity contribution in [3.8, 4) is 5.69 Å². The molecule has 1 amide bonds. The molecule has 0 aliphatic heterocycles. The van der Waals surface area contributed by atoms with Gasteiger partial charge in [0, 0.05) is 23.5 Å². The first-order valence-electron chi connectivity index (χ1n) is 7.08. The molecule has 22 heavy (non-hydrogen) atoms. The number of aromatic nitrogens is 2. The molecule has 6 heteroatoms. The minimum absolute atomic E-state index is 0.245. The molecule has 1 N–H and O–H groups in total. The highest BCUT2D eigenvalue weighted by atomic mass is 32.1. The van der Waals surface area contributed by atoms with Crippen molar-refractivity contribution in [1.29, 1.82) is 0 Å². The number of hydrogen-bond donors (Lipinski definition) is 1. The third-order valence-corrected chi connectivity index (χ3v) is 4.41. The first kappa shape index (κ1) is 14.7. The van der Waals surface area contributed by atoms with Crippen LogP contribution < -0.4 is 5.48 Å². The van der Waals surface area contributed by atoms with E-state index in [0.717, 1.165) is 27.2 Å². The number of fused-ring (bicyclic) bond motifs is 1. The van der Waals surface area contributed by atoms with Crippen LogP contribution in [-0.4, -0.2) is 22.1 Å². The average Bonchev–Trinajstić information content (AvgIpc) is 3.10. The Labute approximate surface area is 132 Å². The van der Waals surface area contributed by atoms with Crippen molar-refractivity contribution in [3.05, 3.63) is 46.7 Å². The highest BCUT2D eigenvalue weighted by Gasteiger charge is 2.22. The van der Waals surface area contributed by atoms with E-state index in [2.05, 4.69) is 10.5 Å². The monoisotopic (exact) mass is 315 g/mol. The van der Waals surface area contributed by atoms with Crippen LogP contribution >= 0.6 is 11.3 Å².